The third-order valence-corrected chi connectivity index (χ3v) is 5.95. The van der Waals surface area contributed by atoms with Crippen molar-refractivity contribution in [3.63, 3.8) is 0 Å². The fourth-order valence-electron chi connectivity index (χ4n) is 1.55. The molecule has 118 valence electrons. The second-order valence-electron chi connectivity index (χ2n) is 4.97. The van der Waals surface area contributed by atoms with Crippen LogP contribution in [0.25, 0.3) is 0 Å². The number of hydrogen-bond donors (Lipinski definition) is 1. The molecule has 0 amide bonds. The molecule has 0 saturated carbocycles. The zero-order valence-corrected chi connectivity index (χ0v) is 14.5. The smallest absolute Gasteiger partial charge is 0.282 e. The van der Waals surface area contributed by atoms with Gasteiger partial charge in [0.25, 0.3) is 10.2 Å². The highest BCUT2D eigenvalue weighted by Crippen LogP contribution is 2.18. The first-order valence-electron chi connectivity index (χ1n) is 6.65. The van der Waals surface area contributed by atoms with Crippen molar-refractivity contribution < 1.29 is 13.5 Å². The molecule has 1 heterocycles. The molecular formula is C14H22N2O3S2. The van der Waals surface area contributed by atoms with Crippen LogP contribution in [0, 0.1) is 11.8 Å². The number of hydrogen-bond acceptors (Lipinski definition) is 4. The Kier molecular flexibility index (Phi) is 6.84. The van der Waals surface area contributed by atoms with E-state index in [2.05, 4.69) is 11.8 Å². The molecule has 0 spiro atoms. The van der Waals surface area contributed by atoms with E-state index in [1.165, 1.54) is 19.9 Å². The number of aliphatic hydroxyl groups excluding tert-OH is 1. The maximum Gasteiger partial charge on any atom is 0.282 e. The lowest BCUT2D eigenvalue weighted by Crippen LogP contribution is -2.42. The van der Waals surface area contributed by atoms with Gasteiger partial charge in [0, 0.05) is 33.1 Å². The summed E-state index contributed by atoms with van der Waals surface area (Å²) < 4.78 is 27.3. The van der Waals surface area contributed by atoms with Gasteiger partial charge in [-0.05, 0) is 30.9 Å². The summed E-state index contributed by atoms with van der Waals surface area (Å²) in [5.41, 5.74) is 0.913. The molecule has 1 aromatic heterocycles. The van der Waals surface area contributed by atoms with Gasteiger partial charge in [0.15, 0.2) is 0 Å². The molecule has 0 aromatic carbocycles. The van der Waals surface area contributed by atoms with E-state index in [1.54, 1.807) is 14.1 Å². The number of aliphatic hydroxyl groups is 1. The predicted molar refractivity (Wildman–Crippen MR) is 86.2 cm³/mol. The van der Waals surface area contributed by atoms with Crippen LogP contribution < -0.4 is 0 Å². The minimum atomic E-state index is -3.45. The first kappa shape index (κ1) is 18.1. The predicted octanol–water partition coefficient (Wildman–Crippen LogP) is 1.50. The zero-order valence-electron chi connectivity index (χ0n) is 12.8. The molecule has 0 aliphatic carbocycles. The van der Waals surface area contributed by atoms with Gasteiger partial charge in [-0.25, -0.2) is 0 Å². The SMILES string of the molecule is CC(C)N(C)S(=O)(=O)N(C)Cc1csc(C#CCCO)c1. The third-order valence-electron chi connectivity index (χ3n) is 2.99. The Morgan fingerprint density at radius 3 is 2.62 bits per heavy atom. The molecule has 1 N–H and O–H groups in total. The fraction of sp³-hybridized carbons (Fsp3) is 0.571. The quantitative estimate of drug-likeness (QED) is 0.804. The Bertz CT molecular complexity index is 612. The van der Waals surface area contributed by atoms with Crippen LogP contribution in [0.3, 0.4) is 0 Å². The topological polar surface area (TPSA) is 60.9 Å². The van der Waals surface area contributed by atoms with Gasteiger partial charge in [-0.2, -0.15) is 17.0 Å². The van der Waals surface area contributed by atoms with Gasteiger partial charge in [0.1, 0.15) is 0 Å². The highest BCUT2D eigenvalue weighted by Gasteiger charge is 2.25. The molecule has 1 rings (SSSR count). The van der Waals surface area contributed by atoms with Gasteiger partial charge in [0.2, 0.25) is 0 Å². The van der Waals surface area contributed by atoms with Gasteiger partial charge in [0.05, 0.1) is 11.5 Å². The van der Waals surface area contributed by atoms with Crippen molar-refractivity contribution >= 4 is 21.5 Å². The number of nitrogens with zero attached hydrogens (tertiary/aromatic N) is 2. The van der Waals surface area contributed by atoms with Crippen LogP contribution in [-0.4, -0.2) is 48.9 Å². The van der Waals surface area contributed by atoms with E-state index in [4.69, 9.17) is 5.11 Å². The largest absolute Gasteiger partial charge is 0.395 e. The monoisotopic (exact) mass is 330 g/mol. The fourth-order valence-corrected chi connectivity index (χ4v) is 3.61. The lowest BCUT2D eigenvalue weighted by molar-refractivity contribution is 0.305. The summed E-state index contributed by atoms with van der Waals surface area (Å²) in [6.45, 7) is 4.04. The average molecular weight is 330 g/mol. The van der Waals surface area contributed by atoms with E-state index in [1.807, 2.05) is 25.3 Å². The van der Waals surface area contributed by atoms with E-state index in [0.29, 0.717) is 13.0 Å². The van der Waals surface area contributed by atoms with Gasteiger partial charge in [-0.3, -0.25) is 0 Å². The van der Waals surface area contributed by atoms with Gasteiger partial charge in [-0.1, -0.05) is 11.8 Å². The summed E-state index contributed by atoms with van der Waals surface area (Å²) in [6.07, 6.45) is 0.445. The Morgan fingerprint density at radius 1 is 1.38 bits per heavy atom. The molecule has 0 aliphatic heterocycles. The van der Waals surface area contributed by atoms with Crippen LogP contribution in [0.4, 0.5) is 0 Å². The van der Waals surface area contributed by atoms with Gasteiger partial charge >= 0.3 is 0 Å². The molecule has 21 heavy (non-hydrogen) atoms. The zero-order chi connectivity index (χ0) is 16.0. The van der Waals surface area contributed by atoms with Crippen LogP contribution in [0.2, 0.25) is 0 Å². The molecule has 5 nitrogen and oxygen atoms in total. The molecule has 0 fully saturated rings. The molecular weight excluding hydrogens is 308 g/mol. The van der Waals surface area contributed by atoms with Crippen molar-refractivity contribution in [2.24, 2.45) is 0 Å². The Hall–Kier alpha value is -0.910. The first-order valence-corrected chi connectivity index (χ1v) is 8.93. The molecule has 7 heteroatoms. The minimum Gasteiger partial charge on any atom is -0.395 e. The summed E-state index contributed by atoms with van der Waals surface area (Å²) in [7, 11) is -0.294. The summed E-state index contributed by atoms with van der Waals surface area (Å²) in [5.74, 6) is 5.80. The molecule has 0 saturated heterocycles. The Morgan fingerprint density at radius 2 is 2.05 bits per heavy atom. The van der Waals surface area contributed by atoms with Crippen LogP contribution in [0.1, 0.15) is 30.7 Å². The van der Waals surface area contributed by atoms with E-state index in [9.17, 15) is 8.42 Å². The van der Waals surface area contributed by atoms with E-state index < -0.39 is 10.2 Å². The van der Waals surface area contributed by atoms with E-state index in [-0.39, 0.29) is 12.6 Å². The van der Waals surface area contributed by atoms with Crippen molar-refractivity contribution in [1.82, 2.24) is 8.61 Å². The van der Waals surface area contributed by atoms with E-state index >= 15 is 0 Å². The van der Waals surface area contributed by atoms with Crippen molar-refractivity contribution in [1.29, 1.82) is 0 Å². The number of rotatable bonds is 6. The highest BCUT2D eigenvalue weighted by molar-refractivity contribution is 7.86. The van der Waals surface area contributed by atoms with Crippen molar-refractivity contribution in [3.05, 3.63) is 21.9 Å². The van der Waals surface area contributed by atoms with Crippen molar-refractivity contribution in [2.45, 2.75) is 32.9 Å². The maximum absolute atomic E-state index is 12.3. The standard InChI is InChI=1S/C14H22N2O3S2/c1-12(2)16(4)21(18,19)15(3)10-13-9-14(20-11-13)7-5-6-8-17/h9,11-12,17H,6,8,10H2,1-4H3. The maximum atomic E-state index is 12.3. The van der Waals surface area contributed by atoms with Crippen LogP contribution >= 0.6 is 11.3 Å². The summed E-state index contributed by atoms with van der Waals surface area (Å²) in [4.78, 5) is 0.876. The molecule has 0 bridgehead atoms. The van der Waals surface area contributed by atoms with Crippen LogP contribution in [0.15, 0.2) is 11.4 Å². The lowest BCUT2D eigenvalue weighted by atomic mass is 10.3. The normalized spacial score (nSPS) is 12.0. The molecule has 0 unspecified atom stereocenters. The molecule has 0 atom stereocenters. The second kappa shape index (κ2) is 7.92. The Balaban J connectivity index is 2.76. The summed E-state index contributed by atoms with van der Waals surface area (Å²) >= 11 is 1.48. The lowest BCUT2D eigenvalue weighted by Gasteiger charge is -2.26. The van der Waals surface area contributed by atoms with Gasteiger partial charge in [-0.15, -0.1) is 11.3 Å². The summed E-state index contributed by atoms with van der Waals surface area (Å²) in [5, 5.41) is 10.6. The Labute approximate surface area is 131 Å². The molecule has 0 aliphatic rings. The minimum absolute atomic E-state index is 0.0494. The van der Waals surface area contributed by atoms with Crippen LogP contribution in [-0.2, 0) is 16.8 Å². The number of thiophene rings is 1. The van der Waals surface area contributed by atoms with Crippen molar-refractivity contribution in [2.75, 3.05) is 20.7 Å². The van der Waals surface area contributed by atoms with Crippen molar-refractivity contribution in [3.8, 4) is 11.8 Å². The van der Waals surface area contributed by atoms with E-state index in [0.717, 1.165) is 10.4 Å². The summed E-state index contributed by atoms with van der Waals surface area (Å²) in [6, 6.07) is 1.80. The first-order chi connectivity index (χ1) is 9.78. The molecule has 1 aromatic rings. The average Bonchev–Trinajstić information content (AvgIpc) is 2.85. The van der Waals surface area contributed by atoms with Gasteiger partial charge < -0.3 is 5.11 Å². The highest BCUT2D eigenvalue weighted by atomic mass is 32.2. The molecule has 0 radical (unpaired) electrons. The third kappa shape index (κ3) is 5.09. The van der Waals surface area contributed by atoms with Crippen LogP contribution in [0.5, 0.6) is 0 Å². The second-order valence-corrected chi connectivity index (χ2v) is 7.97.